The largest absolute Gasteiger partial charge is 0.508 e. The van der Waals surface area contributed by atoms with Crippen molar-refractivity contribution in [3.8, 4) is 5.75 Å². The first-order valence-electron chi connectivity index (χ1n) is 5.39. The molecule has 0 spiro atoms. The Labute approximate surface area is 86.8 Å². The molecule has 0 radical (unpaired) electrons. The zero-order chi connectivity index (χ0) is 10.7. The van der Waals surface area contributed by atoms with Crippen molar-refractivity contribution in [3.63, 3.8) is 0 Å². The van der Waals surface area contributed by atoms with Crippen LogP contribution in [0.1, 0.15) is 57.1 Å². The molecule has 0 fully saturated rings. The van der Waals surface area contributed by atoms with Crippen molar-refractivity contribution in [2.45, 2.75) is 46.0 Å². The maximum atomic E-state index is 9.72. The highest BCUT2D eigenvalue weighted by molar-refractivity contribution is 5.39. The van der Waals surface area contributed by atoms with Gasteiger partial charge in [-0.1, -0.05) is 39.8 Å². The minimum atomic E-state index is 0.434. The fourth-order valence-corrected chi connectivity index (χ4v) is 1.55. The molecule has 0 amide bonds. The van der Waals surface area contributed by atoms with Gasteiger partial charge in [-0.05, 0) is 35.4 Å². The summed E-state index contributed by atoms with van der Waals surface area (Å²) in [6, 6.07) is 5.96. The molecule has 1 unspecified atom stereocenters. The Morgan fingerprint density at radius 3 is 2.36 bits per heavy atom. The summed E-state index contributed by atoms with van der Waals surface area (Å²) >= 11 is 0. The van der Waals surface area contributed by atoms with E-state index in [1.54, 1.807) is 0 Å². The molecule has 0 bridgehead atoms. The lowest BCUT2D eigenvalue weighted by Crippen LogP contribution is -1.95. The topological polar surface area (TPSA) is 20.2 Å². The van der Waals surface area contributed by atoms with E-state index < -0.39 is 0 Å². The molecule has 0 aromatic heterocycles. The number of aromatic hydroxyl groups is 1. The smallest absolute Gasteiger partial charge is 0.119 e. The summed E-state index contributed by atoms with van der Waals surface area (Å²) in [5, 5.41) is 9.72. The van der Waals surface area contributed by atoms with Gasteiger partial charge in [0.1, 0.15) is 5.75 Å². The zero-order valence-corrected chi connectivity index (χ0v) is 9.54. The highest BCUT2D eigenvalue weighted by Gasteiger charge is 2.10. The van der Waals surface area contributed by atoms with E-state index in [1.807, 2.05) is 12.1 Å². The molecule has 0 aliphatic rings. The van der Waals surface area contributed by atoms with E-state index in [0.29, 0.717) is 17.6 Å². The van der Waals surface area contributed by atoms with Crippen LogP contribution in [0.25, 0.3) is 0 Å². The van der Waals surface area contributed by atoms with Crippen LogP contribution in [0.2, 0.25) is 0 Å². The van der Waals surface area contributed by atoms with Crippen LogP contribution >= 0.6 is 0 Å². The van der Waals surface area contributed by atoms with Gasteiger partial charge in [0.05, 0.1) is 0 Å². The number of hydrogen-bond donors (Lipinski definition) is 1. The lowest BCUT2D eigenvalue weighted by atomic mass is 9.93. The Balaban J connectivity index is 3.08. The molecule has 14 heavy (non-hydrogen) atoms. The molecule has 1 atom stereocenters. The first-order chi connectivity index (χ1) is 6.56. The van der Waals surface area contributed by atoms with E-state index in [0.717, 1.165) is 12.0 Å². The minimum absolute atomic E-state index is 0.434. The molecular formula is C13H20O. The molecule has 78 valence electrons. The first-order valence-corrected chi connectivity index (χ1v) is 5.39. The number of rotatable bonds is 3. The SMILES string of the molecule is CCC(C)c1cc(C(C)C)ccc1O. The molecule has 0 aliphatic heterocycles. The van der Waals surface area contributed by atoms with Crippen LogP contribution < -0.4 is 0 Å². The third-order valence-electron chi connectivity index (χ3n) is 2.86. The Kier molecular flexibility index (Phi) is 3.56. The van der Waals surface area contributed by atoms with Crippen molar-refractivity contribution in [2.24, 2.45) is 0 Å². The van der Waals surface area contributed by atoms with E-state index in [4.69, 9.17) is 0 Å². The van der Waals surface area contributed by atoms with Crippen molar-refractivity contribution in [3.05, 3.63) is 29.3 Å². The van der Waals surface area contributed by atoms with E-state index in [-0.39, 0.29) is 0 Å². The number of hydrogen-bond acceptors (Lipinski definition) is 1. The third kappa shape index (κ3) is 2.28. The monoisotopic (exact) mass is 192 g/mol. The number of phenolic OH excluding ortho intramolecular Hbond substituents is 1. The standard InChI is InChI=1S/C13H20O/c1-5-10(4)12-8-11(9(2)3)6-7-13(12)14/h6-10,14H,5H2,1-4H3. The molecule has 1 aromatic carbocycles. The van der Waals surface area contributed by atoms with Gasteiger partial charge in [-0.2, -0.15) is 0 Å². The predicted octanol–water partition coefficient (Wildman–Crippen LogP) is 4.03. The van der Waals surface area contributed by atoms with Gasteiger partial charge >= 0.3 is 0 Å². The fraction of sp³-hybridized carbons (Fsp3) is 0.538. The lowest BCUT2D eigenvalue weighted by molar-refractivity contribution is 0.461. The average Bonchev–Trinajstić information content (AvgIpc) is 2.17. The van der Waals surface area contributed by atoms with Gasteiger partial charge in [0.25, 0.3) is 0 Å². The third-order valence-corrected chi connectivity index (χ3v) is 2.86. The van der Waals surface area contributed by atoms with E-state index in [1.165, 1.54) is 5.56 Å². The fourth-order valence-electron chi connectivity index (χ4n) is 1.55. The molecule has 0 heterocycles. The van der Waals surface area contributed by atoms with Crippen molar-refractivity contribution in [1.29, 1.82) is 0 Å². The first kappa shape index (κ1) is 11.1. The van der Waals surface area contributed by atoms with Crippen LogP contribution in [0.5, 0.6) is 5.75 Å². The van der Waals surface area contributed by atoms with Crippen LogP contribution in [0.4, 0.5) is 0 Å². The molecule has 1 rings (SSSR count). The molecular weight excluding hydrogens is 172 g/mol. The van der Waals surface area contributed by atoms with Gasteiger partial charge in [0.15, 0.2) is 0 Å². The van der Waals surface area contributed by atoms with Crippen molar-refractivity contribution in [2.75, 3.05) is 0 Å². The van der Waals surface area contributed by atoms with Gasteiger partial charge < -0.3 is 5.11 Å². The Bertz CT molecular complexity index is 302. The van der Waals surface area contributed by atoms with Gasteiger partial charge in [0.2, 0.25) is 0 Å². The van der Waals surface area contributed by atoms with Crippen molar-refractivity contribution < 1.29 is 5.11 Å². The summed E-state index contributed by atoms with van der Waals surface area (Å²) in [5.74, 6) is 1.40. The molecule has 0 aliphatic carbocycles. The van der Waals surface area contributed by atoms with Gasteiger partial charge in [0, 0.05) is 0 Å². The van der Waals surface area contributed by atoms with Gasteiger partial charge in [-0.3, -0.25) is 0 Å². The molecule has 1 aromatic rings. The van der Waals surface area contributed by atoms with Crippen LogP contribution in [0.15, 0.2) is 18.2 Å². The Morgan fingerprint density at radius 2 is 1.86 bits per heavy atom. The zero-order valence-electron chi connectivity index (χ0n) is 9.54. The lowest BCUT2D eigenvalue weighted by Gasteiger charge is -2.14. The summed E-state index contributed by atoms with van der Waals surface area (Å²) in [7, 11) is 0. The second-order valence-electron chi connectivity index (χ2n) is 4.28. The number of benzene rings is 1. The van der Waals surface area contributed by atoms with Gasteiger partial charge in [-0.15, -0.1) is 0 Å². The molecule has 0 saturated carbocycles. The summed E-state index contributed by atoms with van der Waals surface area (Å²) < 4.78 is 0. The van der Waals surface area contributed by atoms with Gasteiger partial charge in [-0.25, -0.2) is 0 Å². The van der Waals surface area contributed by atoms with Crippen LogP contribution in [0, 0.1) is 0 Å². The normalized spacial score (nSPS) is 13.2. The maximum absolute atomic E-state index is 9.72. The highest BCUT2D eigenvalue weighted by Crippen LogP contribution is 2.30. The minimum Gasteiger partial charge on any atom is -0.508 e. The van der Waals surface area contributed by atoms with Crippen LogP contribution in [-0.4, -0.2) is 5.11 Å². The summed E-state index contributed by atoms with van der Waals surface area (Å²) in [6.45, 7) is 8.64. The second-order valence-corrected chi connectivity index (χ2v) is 4.28. The Morgan fingerprint density at radius 1 is 1.21 bits per heavy atom. The van der Waals surface area contributed by atoms with E-state index >= 15 is 0 Å². The predicted molar refractivity (Wildman–Crippen MR) is 60.9 cm³/mol. The average molecular weight is 192 g/mol. The Hall–Kier alpha value is -0.980. The van der Waals surface area contributed by atoms with Crippen LogP contribution in [-0.2, 0) is 0 Å². The quantitative estimate of drug-likeness (QED) is 0.766. The summed E-state index contributed by atoms with van der Waals surface area (Å²) in [4.78, 5) is 0. The van der Waals surface area contributed by atoms with Crippen LogP contribution in [0.3, 0.4) is 0 Å². The van der Waals surface area contributed by atoms with Crippen molar-refractivity contribution >= 4 is 0 Å². The second kappa shape index (κ2) is 4.50. The summed E-state index contributed by atoms with van der Waals surface area (Å²) in [5.41, 5.74) is 2.39. The number of phenols is 1. The summed E-state index contributed by atoms with van der Waals surface area (Å²) in [6.07, 6.45) is 1.06. The molecule has 1 N–H and O–H groups in total. The maximum Gasteiger partial charge on any atom is 0.119 e. The molecule has 0 saturated heterocycles. The molecule has 1 heteroatoms. The van der Waals surface area contributed by atoms with E-state index in [9.17, 15) is 5.11 Å². The molecule has 1 nitrogen and oxygen atoms in total. The highest BCUT2D eigenvalue weighted by atomic mass is 16.3. The van der Waals surface area contributed by atoms with E-state index in [2.05, 4.69) is 33.8 Å². The van der Waals surface area contributed by atoms with Crippen molar-refractivity contribution in [1.82, 2.24) is 0 Å².